The number of rotatable bonds is 4. The predicted octanol–water partition coefficient (Wildman–Crippen LogP) is 2.92. The number of anilines is 1. The second-order valence-electron chi connectivity index (χ2n) is 3.99. The Morgan fingerprint density at radius 3 is 2.79 bits per heavy atom. The molecular weight excluding hydrogens is 283 g/mol. The first-order valence-corrected chi connectivity index (χ1v) is 5.81. The van der Waals surface area contributed by atoms with Crippen LogP contribution in [-0.4, -0.2) is 29.4 Å². The third kappa shape index (κ3) is 3.74. The van der Waals surface area contributed by atoms with Gasteiger partial charge < -0.3 is 15.5 Å². The van der Waals surface area contributed by atoms with Gasteiger partial charge in [0.05, 0.1) is 17.8 Å². The maximum absolute atomic E-state index is 11.9. The zero-order chi connectivity index (χ0) is 14.0. The number of alkyl halides is 3. The highest BCUT2D eigenvalue weighted by Crippen LogP contribution is 2.24. The Morgan fingerprint density at radius 1 is 1.37 bits per heavy atom. The molecular formula is C11H11ClF3N3O. The molecule has 0 fully saturated rings. The van der Waals surface area contributed by atoms with E-state index in [1.807, 2.05) is 0 Å². The standard InChI is InChI=1S/C11H11ClF3N3O/c12-6-3-7(16)10-8(4-6)17-9(18-10)1-2-19-5-11(13,14)15/h3-4H,1-2,5,16H2,(H,17,18). The Morgan fingerprint density at radius 2 is 2.11 bits per heavy atom. The van der Waals surface area contributed by atoms with Crippen LogP contribution in [0.1, 0.15) is 5.82 Å². The maximum Gasteiger partial charge on any atom is 0.411 e. The van der Waals surface area contributed by atoms with E-state index in [1.165, 1.54) is 0 Å². The van der Waals surface area contributed by atoms with Crippen molar-refractivity contribution in [3.8, 4) is 0 Å². The lowest BCUT2D eigenvalue weighted by atomic mass is 10.3. The maximum atomic E-state index is 11.9. The van der Waals surface area contributed by atoms with Gasteiger partial charge in [-0.25, -0.2) is 4.98 Å². The largest absolute Gasteiger partial charge is 0.411 e. The van der Waals surface area contributed by atoms with Crippen LogP contribution in [0.4, 0.5) is 18.9 Å². The molecule has 1 aromatic heterocycles. The number of nitrogen functional groups attached to an aromatic ring is 1. The smallest absolute Gasteiger partial charge is 0.397 e. The molecule has 1 aromatic carbocycles. The van der Waals surface area contributed by atoms with Gasteiger partial charge in [0.15, 0.2) is 0 Å². The lowest BCUT2D eigenvalue weighted by Gasteiger charge is -2.06. The second kappa shape index (κ2) is 5.26. The van der Waals surface area contributed by atoms with Gasteiger partial charge in [-0.2, -0.15) is 13.2 Å². The Hall–Kier alpha value is -1.47. The molecule has 0 aliphatic carbocycles. The van der Waals surface area contributed by atoms with Crippen molar-refractivity contribution < 1.29 is 17.9 Å². The van der Waals surface area contributed by atoms with E-state index in [0.717, 1.165) is 0 Å². The van der Waals surface area contributed by atoms with Crippen LogP contribution in [0, 0.1) is 0 Å². The minimum Gasteiger partial charge on any atom is -0.397 e. The van der Waals surface area contributed by atoms with Crippen LogP contribution in [0.3, 0.4) is 0 Å². The Labute approximate surface area is 111 Å². The molecule has 0 radical (unpaired) electrons. The van der Waals surface area contributed by atoms with E-state index in [9.17, 15) is 13.2 Å². The summed E-state index contributed by atoms with van der Waals surface area (Å²) in [5.74, 6) is 0.506. The van der Waals surface area contributed by atoms with E-state index < -0.39 is 12.8 Å². The van der Waals surface area contributed by atoms with Crippen LogP contribution < -0.4 is 5.73 Å². The van der Waals surface area contributed by atoms with Crippen molar-refractivity contribution in [2.45, 2.75) is 12.6 Å². The number of H-pyrrole nitrogens is 1. The molecule has 2 rings (SSSR count). The monoisotopic (exact) mass is 293 g/mol. The molecule has 0 bridgehead atoms. The van der Waals surface area contributed by atoms with Gasteiger partial charge in [0, 0.05) is 11.4 Å². The summed E-state index contributed by atoms with van der Waals surface area (Å²) >= 11 is 5.83. The number of nitrogens with one attached hydrogen (secondary N) is 1. The molecule has 19 heavy (non-hydrogen) atoms. The van der Waals surface area contributed by atoms with Gasteiger partial charge in [-0.1, -0.05) is 11.6 Å². The second-order valence-corrected chi connectivity index (χ2v) is 4.43. The van der Waals surface area contributed by atoms with Crippen LogP contribution in [-0.2, 0) is 11.2 Å². The number of nitrogens with zero attached hydrogens (tertiary/aromatic N) is 1. The highest BCUT2D eigenvalue weighted by molar-refractivity contribution is 6.31. The molecule has 0 aliphatic rings. The average Bonchev–Trinajstić information content (AvgIpc) is 2.66. The number of halogens is 4. The fourth-order valence-corrected chi connectivity index (χ4v) is 1.86. The molecule has 0 unspecified atom stereocenters. The van der Waals surface area contributed by atoms with E-state index in [-0.39, 0.29) is 13.0 Å². The molecule has 0 saturated carbocycles. The van der Waals surface area contributed by atoms with Crippen LogP contribution >= 0.6 is 11.6 Å². The van der Waals surface area contributed by atoms with Gasteiger partial charge in [0.1, 0.15) is 17.9 Å². The zero-order valence-corrected chi connectivity index (χ0v) is 10.5. The zero-order valence-electron chi connectivity index (χ0n) is 9.72. The van der Waals surface area contributed by atoms with Gasteiger partial charge in [0.25, 0.3) is 0 Å². The summed E-state index contributed by atoms with van der Waals surface area (Å²) < 4.78 is 40.1. The van der Waals surface area contributed by atoms with E-state index in [1.54, 1.807) is 12.1 Å². The summed E-state index contributed by atoms with van der Waals surface area (Å²) in [7, 11) is 0. The third-order valence-electron chi connectivity index (χ3n) is 2.38. The molecule has 0 spiro atoms. The summed E-state index contributed by atoms with van der Waals surface area (Å²) in [5.41, 5.74) is 7.35. The number of hydrogen-bond acceptors (Lipinski definition) is 3. The fraction of sp³-hybridized carbons (Fsp3) is 0.364. The van der Waals surface area contributed by atoms with Gasteiger partial charge in [-0.05, 0) is 12.1 Å². The topological polar surface area (TPSA) is 63.9 Å². The predicted molar refractivity (Wildman–Crippen MR) is 66.1 cm³/mol. The van der Waals surface area contributed by atoms with Gasteiger partial charge >= 0.3 is 6.18 Å². The van der Waals surface area contributed by atoms with Crippen molar-refractivity contribution in [1.29, 1.82) is 0 Å². The van der Waals surface area contributed by atoms with Crippen molar-refractivity contribution in [3.63, 3.8) is 0 Å². The normalized spacial score (nSPS) is 12.2. The molecule has 0 saturated heterocycles. The molecule has 1 heterocycles. The van der Waals surface area contributed by atoms with Crippen molar-refractivity contribution in [3.05, 3.63) is 23.0 Å². The first kappa shape index (κ1) is 14.0. The van der Waals surface area contributed by atoms with Crippen molar-refractivity contribution in [2.75, 3.05) is 18.9 Å². The molecule has 3 N–H and O–H groups in total. The number of aromatic amines is 1. The van der Waals surface area contributed by atoms with Crippen molar-refractivity contribution >= 4 is 28.3 Å². The average molecular weight is 294 g/mol. The molecule has 4 nitrogen and oxygen atoms in total. The van der Waals surface area contributed by atoms with Gasteiger partial charge in [0.2, 0.25) is 0 Å². The molecule has 2 aromatic rings. The minimum atomic E-state index is -4.31. The summed E-state index contributed by atoms with van der Waals surface area (Å²) in [5, 5.41) is 0.466. The highest BCUT2D eigenvalue weighted by atomic mass is 35.5. The molecule has 104 valence electrons. The lowest BCUT2D eigenvalue weighted by molar-refractivity contribution is -0.173. The van der Waals surface area contributed by atoms with Crippen LogP contribution in [0.5, 0.6) is 0 Å². The van der Waals surface area contributed by atoms with E-state index >= 15 is 0 Å². The Balaban J connectivity index is 2.00. The first-order valence-electron chi connectivity index (χ1n) is 5.43. The number of fused-ring (bicyclic) bond motifs is 1. The third-order valence-corrected chi connectivity index (χ3v) is 2.60. The number of benzene rings is 1. The van der Waals surface area contributed by atoms with Gasteiger partial charge in [-0.3, -0.25) is 0 Å². The summed E-state index contributed by atoms with van der Waals surface area (Å²) in [6.07, 6.45) is -4.08. The van der Waals surface area contributed by atoms with E-state index in [4.69, 9.17) is 17.3 Å². The van der Waals surface area contributed by atoms with Crippen LogP contribution in [0.15, 0.2) is 12.1 Å². The minimum absolute atomic E-state index is 0.0764. The van der Waals surface area contributed by atoms with Crippen molar-refractivity contribution in [1.82, 2.24) is 9.97 Å². The summed E-state index contributed by atoms with van der Waals surface area (Å²) in [4.78, 5) is 7.12. The molecule has 0 atom stereocenters. The van der Waals surface area contributed by atoms with Crippen molar-refractivity contribution in [2.24, 2.45) is 0 Å². The summed E-state index contributed by atoms with van der Waals surface area (Å²) in [6.45, 7) is -1.34. The lowest BCUT2D eigenvalue weighted by Crippen LogP contribution is -2.18. The Bertz CT molecular complexity index is 582. The number of imidazole rings is 1. The number of ether oxygens (including phenoxy) is 1. The quantitative estimate of drug-likeness (QED) is 0.673. The molecule has 0 aliphatic heterocycles. The van der Waals surface area contributed by atoms with E-state index in [2.05, 4.69) is 14.7 Å². The fourth-order valence-electron chi connectivity index (χ4n) is 1.63. The van der Waals surface area contributed by atoms with Gasteiger partial charge in [-0.15, -0.1) is 0 Å². The molecule has 8 heteroatoms. The Kier molecular flexibility index (Phi) is 3.86. The van der Waals surface area contributed by atoms with E-state index in [0.29, 0.717) is 27.6 Å². The number of nitrogens with two attached hydrogens (primary N) is 1. The number of hydrogen-bond donors (Lipinski definition) is 2. The summed E-state index contributed by atoms with van der Waals surface area (Å²) in [6, 6.07) is 3.22. The molecule has 0 amide bonds. The first-order chi connectivity index (χ1) is 8.85. The van der Waals surface area contributed by atoms with Crippen LogP contribution in [0.2, 0.25) is 5.02 Å². The SMILES string of the molecule is Nc1cc(Cl)cc2[nH]c(CCOCC(F)(F)F)nc12. The number of aromatic nitrogens is 2. The van der Waals surface area contributed by atoms with Crippen LogP contribution in [0.25, 0.3) is 11.0 Å². The highest BCUT2D eigenvalue weighted by Gasteiger charge is 2.27.